The number of aliphatic carboxylic acids is 1. The molecule has 1 rings (SSSR count). The summed E-state index contributed by atoms with van der Waals surface area (Å²) in [5, 5.41) is 21.6. The van der Waals surface area contributed by atoms with Crippen LogP contribution in [0.2, 0.25) is 0 Å². The molecule has 2 N–H and O–H groups in total. The van der Waals surface area contributed by atoms with E-state index in [1.807, 2.05) is 0 Å². The average molecular weight is 282 g/mol. The zero-order chi connectivity index (χ0) is 15.4. The highest BCUT2D eigenvalue weighted by atomic mass is 19.1. The Labute approximate surface area is 112 Å². The van der Waals surface area contributed by atoms with Crippen molar-refractivity contribution in [3.05, 3.63) is 45.3 Å². The van der Waals surface area contributed by atoms with Crippen LogP contribution < -0.4 is 5.32 Å². The van der Waals surface area contributed by atoms with Crippen molar-refractivity contribution in [2.24, 2.45) is 0 Å². The van der Waals surface area contributed by atoms with Crippen molar-refractivity contribution in [3.63, 3.8) is 0 Å². The highest BCUT2D eigenvalue weighted by molar-refractivity contribution is 6.08. The lowest BCUT2D eigenvalue weighted by atomic mass is 10.1. The zero-order valence-corrected chi connectivity index (χ0v) is 10.6. The Bertz CT molecular complexity index is 624. The molecule has 8 heteroatoms. The Balaban J connectivity index is 3.14. The zero-order valence-electron chi connectivity index (χ0n) is 10.6. The van der Waals surface area contributed by atoms with Gasteiger partial charge in [-0.25, -0.2) is 9.18 Å². The van der Waals surface area contributed by atoms with Gasteiger partial charge in [-0.3, -0.25) is 14.9 Å². The van der Waals surface area contributed by atoms with Crippen LogP contribution in [-0.4, -0.2) is 21.9 Å². The third kappa shape index (κ3) is 3.37. The van der Waals surface area contributed by atoms with Crippen molar-refractivity contribution in [1.82, 2.24) is 0 Å². The van der Waals surface area contributed by atoms with Gasteiger partial charge in [-0.15, -0.1) is 0 Å². The fourth-order valence-electron chi connectivity index (χ4n) is 1.31. The number of nitrogens with one attached hydrogen (secondary N) is 1. The van der Waals surface area contributed by atoms with Crippen molar-refractivity contribution in [2.75, 3.05) is 5.32 Å². The molecule has 0 saturated heterocycles. The van der Waals surface area contributed by atoms with Gasteiger partial charge in [-0.05, 0) is 19.9 Å². The van der Waals surface area contributed by atoms with Crippen molar-refractivity contribution in [1.29, 1.82) is 0 Å². The molecule has 106 valence electrons. The monoisotopic (exact) mass is 282 g/mol. The molecule has 0 unspecified atom stereocenters. The molecule has 0 aromatic heterocycles. The predicted octanol–water partition coefficient (Wildman–Crippen LogP) is 2.09. The maximum atomic E-state index is 13.1. The fourth-order valence-corrected chi connectivity index (χ4v) is 1.31. The van der Waals surface area contributed by atoms with E-state index < -0.39 is 28.3 Å². The SMILES string of the molecule is C/C(C(=O)O)=C(/C)C(=O)Nc1cc(F)ccc1[N+](=O)[O-]. The van der Waals surface area contributed by atoms with Crippen molar-refractivity contribution in [3.8, 4) is 0 Å². The first-order valence-corrected chi connectivity index (χ1v) is 5.40. The molecule has 0 spiro atoms. The largest absolute Gasteiger partial charge is 0.478 e. The quantitative estimate of drug-likeness (QED) is 0.499. The Morgan fingerprint density at radius 2 is 1.90 bits per heavy atom. The van der Waals surface area contributed by atoms with Crippen molar-refractivity contribution < 1.29 is 24.0 Å². The number of nitrogens with zero attached hydrogens (tertiary/aromatic N) is 1. The van der Waals surface area contributed by atoms with Crippen LogP contribution in [0.1, 0.15) is 13.8 Å². The third-order valence-corrected chi connectivity index (χ3v) is 2.63. The number of rotatable bonds is 4. The lowest BCUT2D eigenvalue weighted by Gasteiger charge is -2.07. The van der Waals surface area contributed by atoms with Gasteiger partial charge in [0, 0.05) is 23.3 Å². The van der Waals surface area contributed by atoms with Crippen LogP contribution in [-0.2, 0) is 9.59 Å². The number of nitro benzene ring substituents is 1. The van der Waals surface area contributed by atoms with Gasteiger partial charge in [0.25, 0.3) is 11.6 Å². The van der Waals surface area contributed by atoms with Gasteiger partial charge in [0.05, 0.1) is 4.92 Å². The number of carboxylic acid groups (broad SMARTS) is 1. The minimum Gasteiger partial charge on any atom is -0.478 e. The molecule has 1 aromatic rings. The Hall–Kier alpha value is -2.77. The minimum atomic E-state index is -1.29. The molecule has 0 bridgehead atoms. The molecular formula is C12H11FN2O5. The lowest BCUT2D eigenvalue weighted by molar-refractivity contribution is -0.384. The van der Waals surface area contributed by atoms with E-state index in [0.29, 0.717) is 0 Å². The summed E-state index contributed by atoms with van der Waals surface area (Å²) in [6.45, 7) is 2.47. The van der Waals surface area contributed by atoms with Crippen molar-refractivity contribution in [2.45, 2.75) is 13.8 Å². The van der Waals surface area contributed by atoms with Crippen LogP contribution in [0.25, 0.3) is 0 Å². The summed E-state index contributed by atoms with van der Waals surface area (Å²) in [6.07, 6.45) is 0. The van der Waals surface area contributed by atoms with Gasteiger partial charge < -0.3 is 10.4 Å². The molecular weight excluding hydrogens is 271 g/mol. The smallest absolute Gasteiger partial charge is 0.331 e. The number of nitro groups is 1. The number of carbonyl (C=O) groups excluding carboxylic acids is 1. The molecule has 0 aliphatic carbocycles. The average Bonchev–Trinajstić information content (AvgIpc) is 2.36. The molecule has 0 atom stereocenters. The number of carbonyl (C=O) groups is 2. The third-order valence-electron chi connectivity index (χ3n) is 2.63. The minimum absolute atomic E-state index is 0.129. The molecule has 1 amide bonds. The van der Waals surface area contributed by atoms with E-state index in [1.165, 1.54) is 13.8 Å². The molecule has 0 saturated carbocycles. The van der Waals surface area contributed by atoms with Crippen LogP contribution in [0.3, 0.4) is 0 Å². The van der Waals surface area contributed by atoms with Gasteiger partial charge >= 0.3 is 5.97 Å². The van der Waals surface area contributed by atoms with Gasteiger partial charge in [-0.1, -0.05) is 0 Å². The number of halogens is 1. The van der Waals surface area contributed by atoms with E-state index in [2.05, 4.69) is 5.32 Å². The second kappa shape index (κ2) is 5.91. The number of anilines is 1. The number of benzene rings is 1. The summed E-state index contributed by atoms with van der Waals surface area (Å²) < 4.78 is 13.1. The van der Waals surface area contributed by atoms with E-state index in [4.69, 9.17) is 5.11 Å². The second-order valence-corrected chi connectivity index (χ2v) is 3.93. The Morgan fingerprint density at radius 1 is 1.30 bits per heavy atom. The maximum absolute atomic E-state index is 13.1. The fraction of sp³-hybridized carbons (Fsp3) is 0.167. The Morgan fingerprint density at radius 3 is 2.40 bits per heavy atom. The van der Waals surface area contributed by atoms with Crippen LogP contribution in [0.4, 0.5) is 15.8 Å². The number of carboxylic acids is 1. The molecule has 0 fully saturated rings. The summed E-state index contributed by atoms with van der Waals surface area (Å²) in [4.78, 5) is 32.5. The number of hydrogen-bond donors (Lipinski definition) is 2. The summed E-state index contributed by atoms with van der Waals surface area (Å²) in [5.74, 6) is -2.90. The van der Waals surface area contributed by atoms with E-state index in [9.17, 15) is 24.1 Å². The number of hydrogen-bond acceptors (Lipinski definition) is 4. The summed E-state index contributed by atoms with van der Waals surface area (Å²) in [6, 6.07) is 2.59. The summed E-state index contributed by atoms with van der Waals surface area (Å²) in [7, 11) is 0. The summed E-state index contributed by atoms with van der Waals surface area (Å²) >= 11 is 0. The molecule has 1 aromatic carbocycles. The highest BCUT2D eigenvalue weighted by Crippen LogP contribution is 2.25. The number of amides is 1. The highest BCUT2D eigenvalue weighted by Gasteiger charge is 2.19. The standard InChI is InChI=1S/C12H11FN2O5/c1-6(7(2)12(17)18)11(16)14-9-5-8(13)3-4-10(9)15(19)20/h3-5H,1-2H3,(H,14,16)(H,17,18)/b7-6+. The first-order valence-electron chi connectivity index (χ1n) is 5.40. The normalized spacial score (nSPS) is 11.6. The lowest BCUT2D eigenvalue weighted by Crippen LogP contribution is -2.17. The predicted molar refractivity (Wildman–Crippen MR) is 67.7 cm³/mol. The van der Waals surface area contributed by atoms with E-state index in [0.717, 1.165) is 18.2 Å². The first-order chi connectivity index (χ1) is 9.23. The van der Waals surface area contributed by atoms with Gasteiger partial charge in [0.1, 0.15) is 11.5 Å². The van der Waals surface area contributed by atoms with Crippen LogP contribution in [0.15, 0.2) is 29.3 Å². The maximum Gasteiger partial charge on any atom is 0.331 e. The van der Waals surface area contributed by atoms with E-state index in [-0.39, 0.29) is 16.8 Å². The van der Waals surface area contributed by atoms with E-state index >= 15 is 0 Å². The van der Waals surface area contributed by atoms with Crippen LogP contribution >= 0.6 is 0 Å². The Kier molecular flexibility index (Phi) is 4.52. The van der Waals surface area contributed by atoms with Gasteiger partial charge in [-0.2, -0.15) is 0 Å². The molecule has 0 radical (unpaired) electrons. The molecule has 20 heavy (non-hydrogen) atoms. The van der Waals surface area contributed by atoms with E-state index in [1.54, 1.807) is 0 Å². The molecule has 7 nitrogen and oxygen atoms in total. The molecule has 0 aliphatic heterocycles. The molecule has 0 aliphatic rings. The summed E-state index contributed by atoms with van der Waals surface area (Å²) in [5.41, 5.74) is -1.16. The van der Waals surface area contributed by atoms with Crippen LogP contribution in [0, 0.1) is 15.9 Å². The second-order valence-electron chi connectivity index (χ2n) is 3.93. The topological polar surface area (TPSA) is 110 Å². The molecule has 0 heterocycles. The van der Waals surface area contributed by atoms with Gasteiger partial charge in [0.15, 0.2) is 0 Å². The van der Waals surface area contributed by atoms with Crippen LogP contribution in [0.5, 0.6) is 0 Å². The van der Waals surface area contributed by atoms with Gasteiger partial charge in [0.2, 0.25) is 0 Å². The van der Waals surface area contributed by atoms with Crippen molar-refractivity contribution >= 4 is 23.3 Å². The first kappa shape index (κ1) is 15.3.